The van der Waals surface area contributed by atoms with Gasteiger partial charge in [-0.3, -0.25) is 0 Å². The zero-order valence-electron chi connectivity index (χ0n) is 5.93. The third-order valence-electron chi connectivity index (χ3n) is 1.73. The largest absolute Gasteiger partial charge is 0.375 e. The van der Waals surface area contributed by atoms with Gasteiger partial charge in [-0.2, -0.15) is 0 Å². The van der Waals surface area contributed by atoms with Crippen LogP contribution in [0.15, 0.2) is 23.1 Å². The summed E-state index contributed by atoms with van der Waals surface area (Å²) in [7, 11) is 0. The van der Waals surface area contributed by atoms with Crippen molar-refractivity contribution in [2.75, 3.05) is 11.2 Å². The predicted octanol–water partition coefficient (Wildman–Crippen LogP) is 3.06. The number of hydrogen-bond acceptors (Lipinski definition) is 2. The van der Waals surface area contributed by atoms with Crippen LogP contribution in [-0.4, -0.2) is 5.88 Å². The first-order chi connectivity index (χ1) is 5.42. The summed E-state index contributed by atoms with van der Waals surface area (Å²) in [6, 6.07) is 6.41. The molecule has 0 amide bonds. The van der Waals surface area contributed by atoms with E-state index in [1.165, 1.54) is 16.1 Å². The number of anilines is 1. The Morgan fingerprint density at radius 3 is 3.27 bits per heavy atom. The number of fused-ring (bicyclic) bond motifs is 1. The van der Waals surface area contributed by atoms with E-state index in [1.54, 1.807) is 0 Å². The van der Waals surface area contributed by atoms with Crippen LogP contribution in [0.3, 0.4) is 0 Å². The van der Waals surface area contributed by atoms with E-state index in [4.69, 9.17) is 0 Å². The van der Waals surface area contributed by atoms with Crippen LogP contribution in [-0.2, 0) is 5.33 Å². The van der Waals surface area contributed by atoms with Crippen LogP contribution in [0.4, 0.5) is 5.69 Å². The molecular weight excluding hydrogens is 222 g/mol. The van der Waals surface area contributed by atoms with Crippen molar-refractivity contribution < 1.29 is 0 Å². The molecule has 1 nitrogen and oxygen atoms in total. The lowest BCUT2D eigenvalue weighted by atomic mass is 10.2. The van der Waals surface area contributed by atoms with Gasteiger partial charge in [0.05, 0.1) is 11.6 Å². The average molecular weight is 230 g/mol. The number of halogens is 1. The lowest BCUT2D eigenvalue weighted by molar-refractivity contribution is 1.33. The van der Waals surface area contributed by atoms with Crippen LogP contribution in [0, 0.1) is 0 Å². The summed E-state index contributed by atoms with van der Waals surface area (Å²) in [5.41, 5.74) is 2.67. The molecule has 1 aliphatic heterocycles. The third kappa shape index (κ3) is 1.27. The molecule has 0 aromatic heterocycles. The molecule has 0 atom stereocenters. The fourth-order valence-corrected chi connectivity index (χ4v) is 2.56. The lowest BCUT2D eigenvalue weighted by Crippen LogP contribution is -1.92. The minimum Gasteiger partial charge on any atom is -0.375 e. The van der Waals surface area contributed by atoms with Crippen LogP contribution >= 0.6 is 27.7 Å². The van der Waals surface area contributed by atoms with E-state index in [2.05, 4.69) is 39.4 Å². The Hall–Kier alpha value is -0.150. The van der Waals surface area contributed by atoms with Crippen LogP contribution in [0.25, 0.3) is 0 Å². The van der Waals surface area contributed by atoms with Gasteiger partial charge in [0.2, 0.25) is 0 Å². The van der Waals surface area contributed by atoms with E-state index in [0.29, 0.717) is 0 Å². The van der Waals surface area contributed by atoms with Crippen molar-refractivity contribution in [3.05, 3.63) is 23.8 Å². The van der Waals surface area contributed by atoms with Crippen LogP contribution < -0.4 is 5.32 Å². The topological polar surface area (TPSA) is 12.0 Å². The molecule has 1 aliphatic rings. The summed E-state index contributed by atoms with van der Waals surface area (Å²) in [5.74, 6) is 1.01. The second-order valence-corrected chi connectivity index (χ2v) is 3.97. The lowest BCUT2D eigenvalue weighted by Gasteiger charge is -2.03. The van der Waals surface area contributed by atoms with E-state index >= 15 is 0 Å². The van der Waals surface area contributed by atoms with Gasteiger partial charge in [-0.1, -0.05) is 28.1 Å². The molecule has 1 heterocycles. The first-order valence-corrected chi connectivity index (χ1v) is 5.57. The Bertz CT molecular complexity index is 275. The number of thioether (sulfide) groups is 1. The van der Waals surface area contributed by atoms with Crippen molar-refractivity contribution in [2.24, 2.45) is 0 Å². The molecule has 2 rings (SSSR count). The predicted molar refractivity (Wildman–Crippen MR) is 53.4 cm³/mol. The average Bonchev–Trinajstić information content (AvgIpc) is 2.50. The SMILES string of the molecule is BrCc1cccc2c1NCS2. The summed E-state index contributed by atoms with van der Waals surface area (Å²) in [6.07, 6.45) is 0. The minimum absolute atomic E-state index is 0.934. The van der Waals surface area contributed by atoms with Crippen LogP contribution in [0.5, 0.6) is 0 Å². The normalized spacial score (nSPS) is 14.3. The van der Waals surface area contributed by atoms with Crippen LogP contribution in [0.1, 0.15) is 5.56 Å². The molecule has 0 spiro atoms. The zero-order valence-corrected chi connectivity index (χ0v) is 8.33. The molecule has 0 aliphatic carbocycles. The minimum atomic E-state index is 0.934. The van der Waals surface area contributed by atoms with Crippen molar-refractivity contribution in [3.63, 3.8) is 0 Å². The highest BCUT2D eigenvalue weighted by Crippen LogP contribution is 2.36. The van der Waals surface area contributed by atoms with E-state index in [-0.39, 0.29) is 0 Å². The molecular formula is C8H8BrNS. The van der Waals surface area contributed by atoms with Gasteiger partial charge in [0.1, 0.15) is 0 Å². The highest BCUT2D eigenvalue weighted by atomic mass is 79.9. The smallest absolute Gasteiger partial charge is 0.0658 e. The van der Waals surface area contributed by atoms with E-state index in [1.807, 2.05) is 11.8 Å². The maximum absolute atomic E-state index is 3.46. The number of nitrogens with one attached hydrogen (secondary N) is 1. The maximum atomic E-state index is 3.46. The quantitative estimate of drug-likeness (QED) is 0.744. The molecule has 0 saturated carbocycles. The van der Waals surface area contributed by atoms with Gasteiger partial charge in [0.15, 0.2) is 0 Å². The molecule has 0 fully saturated rings. The molecule has 0 bridgehead atoms. The Balaban J connectivity index is 2.50. The highest BCUT2D eigenvalue weighted by Gasteiger charge is 2.12. The van der Waals surface area contributed by atoms with Crippen molar-refractivity contribution in [2.45, 2.75) is 10.2 Å². The second-order valence-electron chi connectivity index (χ2n) is 2.39. The van der Waals surface area contributed by atoms with Gasteiger partial charge in [-0.25, -0.2) is 0 Å². The molecule has 58 valence electrons. The van der Waals surface area contributed by atoms with E-state index < -0.39 is 0 Å². The van der Waals surface area contributed by atoms with Gasteiger partial charge in [-0.15, -0.1) is 11.8 Å². The van der Waals surface area contributed by atoms with Crippen LogP contribution in [0.2, 0.25) is 0 Å². The number of rotatable bonds is 1. The number of para-hydroxylation sites is 1. The number of hydrogen-bond donors (Lipinski definition) is 1. The standard InChI is InChI=1S/C8H8BrNS/c9-4-6-2-1-3-7-8(6)10-5-11-7/h1-3,10H,4-5H2. The molecule has 1 aromatic rings. The summed E-state index contributed by atoms with van der Waals surface area (Å²) in [4.78, 5) is 1.38. The molecule has 11 heavy (non-hydrogen) atoms. The second kappa shape index (κ2) is 3.07. The van der Waals surface area contributed by atoms with E-state index in [0.717, 1.165) is 11.2 Å². The third-order valence-corrected chi connectivity index (χ3v) is 3.28. The Morgan fingerprint density at radius 2 is 2.45 bits per heavy atom. The summed E-state index contributed by atoms with van der Waals surface area (Å²) >= 11 is 5.33. The molecule has 1 N–H and O–H groups in total. The first-order valence-electron chi connectivity index (χ1n) is 3.46. The Morgan fingerprint density at radius 1 is 1.55 bits per heavy atom. The fraction of sp³-hybridized carbons (Fsp3) is 0.250. The summed E-state index contributed by atoms with van der Waals surface area (Å²) in [6.45, 7) is 0. The maximum Gasteiger partial charge on any atom is 0.0658 e. The van der Waals surface area contributed by atoms with Crippen molar-refractivity contribution in [3.8, 4) is 0 Å². The zero-order chi connectivity index (χ0) is 7.68. The van der Waals surface area contributed by atoms with Gasteiger partial charge in [0, 0.05) is 10.2 Å². The first kappa shape index (κ1) is 7.50. The molecule has 0 unspecified atom stereocenters. The van der Waals surface area contributed by atoms with Gasteiger partial charge in [0.25, 0.3) is 0 Å². The molecule has 0 radical (unpaired) electrons. The number of alkyl halides is 1. The van der Waals surface area contributed by atoms with Crippen molar-refractivity contribution in [1.82, 2.24) is 0 Å². The van der Waals surface area contributed by atoms with Crippen molar-refractivity contribution in [1.29, 1.82) is 0 Å². The summed E-state index contributed by atoms with van der Waals surface area (Å²) < 4.78 is 0. The number of benzene rings is 1. The monoisotopic (exact) mass is 229 g/mol. The Labute approximate surface area is 78.7 Å². The highest BCUT2D eigenvalue weighted by molar-refractivity contribution is 9.08. The van der Waals surface area contributed by atoms with Gasteiger partial charge in [-0.05, 0) is 11.6 Å². The summed E-state index contributed by atoms with van der Waals surface area (Å²) in [5, 5.41) is 4.29. The molecule has 3 heteroatoms. The molecule has 1 aromatic carbocycles. The van der Waals surface area contributed by atoms with Crippen molar-refractivity contribution >= 4 is 33.4 Å². The fourth-order valence-electron chi connectivity index (χ4n) is 1.19. The van der Waals surface area contributed by atoms with Gasteiger partial charge >= 0.3 is 0 Å². The molecule has 0 saturated heterocycles. The van der Waals surface area contributed by atoms with E-state index in [9.17, 15) is 0 Å². The van der Waals surface area contributed by atoms with Gasteiger partial charge < -0.3 is 5.32 Å². The Kier molecular flexibility index (Phi) is 2.09.